The first-order chi connectivity index (χ1) is 8.69. The molecule has 0 aromatic heterocycles. The first-order valence-corrected chi connectivity index (χ1v) is 5.87. The minimum Gasteiger partial charge on any atom is -0.496 e. The number of benzene rings is 1. The number of rotatable bonds is 7. The lowest BCUT2D eigenvalue weighted by molar-refractivity contribution is 0.0316. The molecule has 0 bridgehead atoms. The first-order valence-electron chi connectivity index (χ1n) is 5.87. The highest BCUT2D eigenvalue weighted by molar-refractivity contribution is 5.93. The lowest BCUT2D eigenvalue weighted by Gasteiger charge is -2.09. The Morgan fingerprint density at radius 2 is 2.06 bits per heavy atom. The lowest BCUT2D eigenvalue weighted by Crippen LogP contribution is -2.12. The van der Waals surface area contributed by atoms with Crippen molar-refractivity contribution in [3.8, 4) is 5.75 Å². The molecular formula is C13H19NO4. The Kier molecular flexibility index (Phi) is 6.00. The topological polar surface area (TPSA) is 70.8 Å². The summed E-state index contributed by atoms with van der Waals surface area (Å²) in [6.45, 7) is 3.32. The molecule has 1 aromatic rings. The molecule has 0 aliphatic carbocycles. The predicted octanol–water partition coefficient (Wildman–Crippen LogP) is 1.86. The number of anilines is 1. The maximum absolute atomic E-state index is 11.8. The van der Waals surface area contributed by atoms with Gasteiger partial charge in [0.15, 0.2) is 0 Å². The molecule has 5 nitrogen and oxygen atoms in total. The number of nitrogens with two attached hydrogens (primary N) is 1. The Balaban J connectivity index is 2.51. The fraction of sp³-hybridized carbons (Fsp3) is 0.462. The van der Waals surface area contributed by atoms with Gasteiger partial charge in [-0.2, -0.15) is 0 Å². The highest BCUT2D eigenvalue weighted by Gasteiger charge is 2.13. The third-order valence-corrected chi connectivity index (χ3v) is 2.25. The molecule has 1 aromatic carbocycles. The van der Waals surface area contributed by atoms with Gasteiger partial charge in [-0.3, -0.25) is 0 Å². The van der Waals surface area contributed by atoms with Gasteiger partial charge in [0.1, 0.15) is 17.9 Å². The molecule has 5 heteroatoms. The van der Waals surface area contributed by atoms with Crippen LogP contribution in [0, 0.1) is 0 Å². The minimum atomic E-state index is -0.438. The lowest BCUT2D eigenvalue weighted by atomic mass is 10.2. The van der Waals surface area contributed by atoms with Gasteiger partial charge in [-0.05, 0) is 18.6 Å². The number of nitrogen functional groups attached to an aromatic ring is 1. The molecule has 0 unspecified atom stereocenters. The standard InChI is InChI=1S/C13H19NO4/c1-3-6-17-7-8-18-13(15)11-5-4-10(14)9-12(11)16-2/h4-5,9H,3,6-8,14H2,1-2H3. The predicted molar refractivity (Wildman–Crippen MR) is 68.8 cm³/mol. The maximum atomic E-state index is 11.8. The average Bonchev–Trinajstić information content (AvgIpc) is 2.38. The summed E-state index contributed by atoms with van der Waals surface area (Å²) in [5.41, 5.74) is 6.51. The van der Waals surface area contributed by atoms with Crippen LogP contribution in [-0.4, -0.2) is 32.9 Å². The Hall–Kier alpha value is -1.75. The van der Waals surface area contributed by atoms with Crippen LogP contribution in [0.3, 0.4) is 0 Å². The van der Waals surface area contributed by atoms with Crippen molar-refractivity contribution in [3.05, 3.63) is 23.8 Å². The third-order valence-electron chi connectivity index (χ3n) is 2.25. The molecule has 100 valence electrons. The van der Waals surface area contributed by atoms with E-state index in [1.54, 1.807) is 18.2 Å². The van der Waals surface area contributed by atoms with Crippen LogP contribution in [0.4, 0.5) is 5.69 Å². The maximum Gasteiger partial charge on any atom is 0.342 e. The van der Waals surface area contributed by atoms with Gasteiger partial charge in [-0.1, -0.05) is 6.92 Å². The van der Waals surface area contributed by atoms with Crippen molar-refractivity contribution in [1.82, 2.24) is 0 Å². The van der Waals surface area contributed by atoms with Crippen LogP contribution in [0.15, 0.2) is 18.2 Å². The first kappa shape index (κ1) is 14.3. The summed E-state index contributed by atoms with van der Waals surface area (Å²) >= 11 is 0. The normalized spacial score (nSPS) is 10.1. The number of carbonyl (C=O) groups is 1. The fourth-order valence-corrected chi connectivity index (χ4v) is 1.39. The van der Waals surface area contributed by atoms with Crippen molar-refractivity contribution >= 4 is 11.7 Å². The Morgan fingerprint density at radius 3 is 2.72 bits per heavy atom. The van der Waals surface area contributed by atoms with Crippen molar-refractivity contribution in [2.75, 3.05) is 32.7 Å². The Bertz CT molecular complexity index is 393. The molecule has 0 spiro atoms. The summed E-state index contributed by atoms with van der Waals surface area (Å²) in [5, 5.41) is 0. The monoisotopic (exact) mass is 253 g/mol. The zero-order chi connectivity index (χ0) is 13.4. The van der Waals surface area contributed by atoms with E-state index in [2.05, 4.69) is 0 Å². The molecule has 0 aliphatic rings. The van der Waals surface area contributed by atoms with Crippen molar-refractivity contribution < 1.29 is 19.0 Å². The van der Waals surface area contributed by atoms with Gasteiger partial charge >= 0.3 is 5.97 Å². The molecule has 0 heterocycles. The van der Waals surface area contributed by atoms with E-state index in [0.29, 0.717) is 30.2 Å². The van der Waals surface area contributed by atoms with Crippen molar-refractivity contribution in [2.45, 2.75) is 13.3 Å². The summed E-state index contributed by atoms with van der Waals surface area (Å²) in [7, 11) is 1.48. The van der Waals surface area contributed by atoms with E-state index in [9.17, 15) is 4.79 Å². The quantitative estimate of drug-likeness (QED) is 0.456. The molecular weight excluding hydrogens is 234 g/mol. The van der Waals surface area contributed by atoms with Crippen LogP contribution in [0.1, 0.15) is 23.7 Å². The van der Waals surface area contributed by atoms with E-state index < -0.39 is 5.97 Å². The fourth-order valence-electron chi connectivity index (χ4n) is 1.39. The summed E-state index contributed by atoms with van der Waals surface area (Å²) in [5.74, 6) is -0.0265. The Labute approximate surface area is 107 Å². The van der Waals surface area contributed by atoms with Gasteiger partial charge in [-0.25, -0.2) is 4.79 Å². The van der Waals surface area contributed by atoms with E-state index in [1.165, 1.54) is 7.11 Å². The van der Waals surface area contributed by atoms with Gasteiger partial charge in [0.05, 0.1) is 13.7 Å². The minimum absolute atomic E-state index is 0.229. The second-order valence-electron chi connectivity index (χ2n) is 3.71. The van der Waals surface area contributed by atoms with E-state index >= 15 is 0 Å². The van der Waals surface area contributed by atoms with Crippen molar-refractivity contribution in [2.24, 2.45) is 0 Å². The molecule has 18 heavy (non-hydrogen) atoms. The number of esters is 1. The molecule has 0 amide bonds. The average molecular weight is 253 g/mol. The summed E-state index contributed by atoms with van der Waals surface area (Å²) in [6.07, 6.45) is 0.944. The SMILES string of the molecule is CCCOCCOC(=O)c1ccc(N)cc1OC. The van der Waals surface area contributed by atoms with E-state index in [-0.39, 0.29) is 6.61 Å². The highest BCUT2D eigenvalue weighted by atomic mass is 16.6. The second kappa shape index (κ2) is 7.55. The van der Waals surface area contributed by atoms with E-state index in [0.717, 1.165) is 6.42 Å². The zero-order valence-corrected chi connectivity index (χ0v) is 10.8. The zero-order valence-electron chi connectivity index (χ0n) is 10.8. The summed E-state index contributed by atoms with van der Waals surface area (Å²) < 4.78 is 15.4. The smallest absolute Gasteiger partial charge is 0.342 e. The molecule has 0 saturated carbocycles. The van der Waals surface area contributed by atoms with Crippen LogP contribution in [0.2, 0.25) is 0 Å². The van der Waals surface area contributed by atoms with Gasteiger partial charge in [-0.15, -0.1) is 0 Å². The number of hydrogen-bond acceptors (Lipinski definition) is 5. The number of methoxy groups -OCH3 is 1. The van der Waals surface area contributed by atoms with Crippen LogP contribution >= 0.6 is 0 Å². The van der Waals surface area contributed by atoms with Crippen molar-refractivity contribution in [3.63, 3.8) is 0 Å². The van der Waals surface area contributed by atoms with E-state index in [4.69, 9.17) is 19.9 Å². The van der Waals surface area contributed by atoms with Crippen LogP contribution in [0.25, 0.3) is 0 Å². The molecule has 0 atom stereocenters. The van der Waals surface area contributed by atoms with Crippen LogP contribution in [0.5, 0.6) is 5.75 Å². The molecule has 0 fully saturated rings. The second-order valence-corrected chi connectivity index (χ2v) is 3.71. The molecule has 1 rings (SSSR count). The van der Waals surface area contributed by atoms with Gasteiger partial charge < -0.3 is 19.9 Å². The third kappa shape index (κ3) is 4.25. The number of hydrogen-bond donors (Lipinski definition) is 1. The van der Waals surface area contributed by atoms with Gasteiger partial charge in [0.25, 0.3) is 0 Å². The number of carbonyl (C=O) groups excluding carboxylic acids is 1. The molecule has 0 aliphatic heterocycles. The number of ether oxygens (including phenoxy) is 3. The highest BCUT2D eigenvalue weighted by Crippen LogP contribution is 2.22. The van der Waals surface area contributed by atoms with E-state index in [1.807, 2.05) is 6.92 Å². The van der Waals surface area contributed by atoms with Crippen LogP contribution < -0.4 is 10.5 Å². The van der Waals surface area contributed by atoms with Crippen LogP contribution in [-0.2, 0) is 9.47 Å². The molecule has 0 radical (unpaired) electrons. The summed E-state index contributed by atoms with van der Waals surface area (Å²) in [6, 6.07) is 4.81. The summed E-state index contributed by atoms with van der Waals surface area (Å²) in [4.78, 5) is 11.8. The van der Waals surface area contributed by atoms with Crippen molar-refractivity contribution in [1.29, 1.82) is 0 Å². The Morgan fingerprint density at radius 1 is 1.28 bits per heavy atom. The molecule has 2 N–H and O–H groups in total. The van der Waals surface area contributed by atoms with Gasteiger partial charge in [0.2, 0.25) is 0 Å². The molecule has 0 saturated heterocycles. The van der Waals surface area contributed by atoms with Gasteiger partial charge in [0, 0.05) is 18.4 Å². The largest absolute Gasteiger partial charge is 0.496 e.